The summed E-state index contributed by atoms with van der Waals surface area (Å²) in [5.74, 6) is -0.0415. The lowest BCUT2D eigenvalue weighted by molar-refractivity contribution is -0.116. The van der Waals surface area contributed by atoms with Crippen LogP contribution in [0.25, 0.3) is 11.3 Å². The second kappa shape index (κ2) is 5.83. The molecule has 1 aromatic carbocycles. The van der Waals surface area contributed by atoms with Crippen LogP contribution in [-0.2, 0) is 9.53 Å². The number of ether oxygens (including phenoxy) is 1. The highest BCUT2D eigenvalue weighted by atomic mass is 32.1. The molecule has 0 bridgehead atoms. The van der Waals surface area contributed by atoms with E-state index in [1.165, 1.54) is 0 Å². The van der Waals surface area contributed by atoms with Crippen molar-refractivity contribution < 1.29 is 9.53 Å². The van der Waals surface area contributed by atoms with Gasteiger partial charge in [0, 0.05) is 30.3 Å². The van der Waals surface area contributed by atoms with Gasteiger partial charge in [-0.1, -0.05) is 6.07 Å². The average Bonchev–Trinajstić information content (AvgIpc) is 3.05. The first-order chi connectivity index (χ1) is 10.2. The Balaban J connectivity index is 1.80. The molecule has 1 unspecified atom stereocenters. The van der Waals surface area contributed by atoms with E-state index in [2.05, 4.69) is 15.6 Å². The first-order valence-corrected chi connectivity index (χ1v) is 7.70. The van der Waals surface area contributed by atoms with Gasteiger partial charge in [-0.05, 0) is 24.6 Å². The molecule has 0 radical (unpaired) electrons. The molecule has 0 saturated heterocycles. The third kappa shape index (κ3) is 2.77. The minimum atomic E-state index is -0.0992. The maximum absolute atomic E-state index is 11.7. The average molecular weight is 303 g/mol. The van der Waals surface area contributed by atoms with E-state index in [1.807, 2.05) is 30.5 Å². The van der Waals surface area contributed by atoms with Crippen LogP contribution in [0, 0.1) is 0 Å². The molecular weight excluding hydrogens is 286 g/mol. The number of nitrogens with one attached hydrogen (secondary N) is 2. The van der Waals surface area contributed by atoms with Crippen molar-refractivity contribution in [3.63, 3.8) is 0 Å². The molecule has 1 aromatic heterocycles. The molecule has 1 aliphatic rings. The summed E-state index contributed by atoms with van der Waals surface area (Å²) in [5.41, 5.74) is 3.91. The number of carbonyl (C=O) groups excluding carboxylic acids is 1. The third-order valence-electron chi connectivity index (χ3n) is 3.55. The van der Waals surface area contributed by atoms with Crippen LogP contribution in [0.1, 0.15) is 18.4 Å². The third-order valence-corrected chi connectivity index (χ3v) is 4.35. The van der Waals surface area contributed by atoms with Crippen molar-refractivity contribution in [1.29, 1.82) is 0 Å². The number of nitrogens with zero attached hydrogens (tertiary/aromatic N) is 1. The van der Waals surface area contributed by atoms with E-state index in [1.54, 1.807) is 18.4 Å². The van der Waals surface area contributed by atoms with Gasteiger partial charge in [0.15, 0.2) is 5.13 Å². The van der Waals surface area contributed by atoms with Crippen molar-refractivity contribution in [2.75, 3.05) is 30.9 Å². The fraction of sp³-hybridized carbons (Fsp3) is 0.333. The van der Waals surface area contributed by atoms with E-state index < -0.39 is 0 Å². The number of benzene rings is 1. The fourth-order valence-corrected chi connectivity index (χ4v) is 3.07. The van der Waals surface area contributed by atoms with Crippen molar-refractivity contribution in [3.8, 4) is 11.3 Å². The lowest BCUT2D eigenvalue weighted by Gasteiger charge is -2.04. The molecule has 3 rings (SSSR count). The summed E-state index contributed by atoms with van der Waals surface area (Å²) in [6, 6.07) is 5.99. The van der Waals surface area contributed by atoms with Crippen LogP contribution in [0.15, 0.2) is 23.6 Å². The van der Waals surface area contributed by atoms with Crippen LogP contribution in [0.3, 0.4) is 0 Å². The lowest BCUT2D eigenvalue weighted by atomic mass is 10.00. The Kier molecular flexibility index (Phi) is 3.90. The van der Waals surface area contributed by atoms with Crippen molar-refractivity contribution >= 4 is 28.1 Å². The summed E-state index contributed by atoms with van der Waals surface area (Å²) in [4.78, 5) is 16.3. The van der Waals surface area contributed by atoms with Gasteiger partial charge in [0.2, 0.25) is 5.91 Å². The van der Waals surface area contributed by atoms with E-state index in [-0.39, 0.29) is 11.8 Å². The van der Waals surface area contributed by atoms with Crippen molar-refractivity contribution in [1.82, 2.24) is 4.98 Å². The molecule has 0 fully saturated rings. The number of amides is 1. The highest BCUT2D eigenvalue weighted by molar-refractivity contribution is 7.14. The quantitative estimate of drug-likeness (QED) is 0.834. The molecule has 2 heterocycles. The molecule has 2 aromatic rings. The first-order valence-electron chi connectivity index (χ1n) is 6.82. The predicted molar refractivity (Wildman–Crippen MR) is 85.0 cm³/mol. The number of hydrogen-bond donors (Lipinski definition) is 2. The van der Waals surface area contributed by atoms with Crippen LogP contribution >= 0.6 is 11.3 Å². The standard InChI is InChI=1S/C15H17N3O2S/c1-9-11-7-10(3-4-12(11)17-14(9)19)13-8-21-15(18-13)16-5-6-20-2/h3-4,7-9H,5-6H2,1-2H3,(H,16,18)(H,17,19). The number of methoxy groups -OCH3 is 1. The maximum atomic E-state index is 11.7. The predicted octanol–water partition coefficient (Wildman–Crippen LogP) is 2.92. The summed E-state index contributed by atoms with van der Waals surface area (Å²) >= 11 is 1.57. The van der Waals surface area contributed by atoms with Crippen LogP contribution in [0.5, 0.6) is 0 Å². The minimum absolute atomic E-state index is 0.0577. The molecule has 1 amide bonds. The topological polar surface area (TPSA) is 63.2 Å². The summed E-state index contributed by atoms with van der Waals surface area (Å²) in [5, 5.41) is 9.00. The van der Waals surface area contributed by atoms with Gasteiger partial charge in [-0.3, -0.25) is 4.79 Å². The van der Waals surface area contributed by atoms with Crippen molar-refractivity contribution in [3.05, 3.63) is 29.1 Å². The van der Waals surface area contributed by atoms with Gasteiger partial charge < -0.3 is 15.4 Å². The molecule has 0 saturated carbocycles. The summed E-state index contributed by atoms with van der Waals surface area (Å²) < 4.78 is 5.00. The van der Waals surface area contributed by atoms with Gasteiger partial charge in [0.05, 0.1) is 18.2 Å². The zero-order chi connectivity index (χ0) is 14.8. The number of rotatable bonds is 5. The summed E-state index contributed by atoms with van der Waals surface area (Å²) in [7, 11) is 1.68. The van der Waals surface area contributed by atoms with E-state index in [9.17, 15) is 4.79 Å². The zero-order valence-electron chi connectivity index (χ0n) is 12.0. The smallest absolute Gasteiger partial charge is 0.231 e. The van der Waals surface area contributed by atoms with Crippen LogP contribution in [-0.4, -0.2) is 31.2 Å². The second-order valence-corrected chi connectivity index (χ2v) is 5.83. The number of thiazole rings is 1. The number of hydrogen-bond acceptors (Lipinski definition) is 5. The van der Waals surface area contributed by atoms with E-state index in [0.29, 0.717) is 6.61 Å². The van der Waals surface area contributed by atoms with Gasteiger partial charge in [0.1, 0.15) is 0 Å². The minimum Gasteiger partial charge on any atom is -0.383 e. The van der Waals surface area contributed by atoms with E-state index >= 15 is 0 Å². The number of fused-ring (bicyclic) bond motifs is 1. The highest BCUT2D eigenvalue weighted by Crippen LogP contribution is 2.36. The van der Waals surface area contributed by atoms with Crippen molar-refractivity contribution in [2.45, 2.75) is 12.8 Å². The van der Waals surface area contributed by atoms with E-state index in [4.69, 9.17) is 4.74 Å². The molecule has 21 heavy (non-hydrogen) atoms. The monoisotopic (exact) mass is 303 g/mol. The Morgan fingerprint density at radius 3 is 3.14 bits per heavy atom. The Hall–Kier alpha value is -1.92. The Bertz CT molecular complexity index is 669. The Morgan fingerprint density at radius 1 is 1.48 bits per heavy atom. The molecule has 6 heteroatoms. The normalized spacial score (nSPS) is 16.7. The summed E-state index contributed by atoms with van der Waals surface area (Å²) in [6.45, 7) is 3.31. The number of aromatic nitrogens is 1. The molecule has 1 aliphatic heterocycles. The summed E-state index contributed by atoms with van der Waals surface area (Å²) in [6.07, 6.45) is 0. The molecule has 0 aliphatic carbocycles. The van der Waals surface area contributed by atoms with Crippen LogP contribution in [0.4, 0.5) is 10.8 Å². The highest BCUT2D eigenvalue weighted by Gasteiger charge is 2.26. The van der Waals surface area contributed by atoms with E-state index in [0.717, 1.165) is 34.2 Å². The van der Waals surface area contributed by atoms with Crippen molar-refractivity contribution in [2.24, 2.45) is 0 Å². The molecule has 110 valence electrons. The Labute approximate surface area is 127 Å². The zero-order valence-corrected chi connectivity index (χ0v) is 12.8. The molecule has 1 atom stereocenters. The van der Waals surface area contributed by atoms with Gasteiger partial charge in [0.25, 0.3) is 0 Å². The molecular formula is C15H17N3O2S. The van der Waals surface area contributed by atoms with Gasteiger partial charge in [-0.25, -0.2) is 4.98 Å². The molecule has 2 N–H and O–H groups in total. The van der Waals surface area contributed by atoms with Gasteiger partial charge >= 0.3 is 0 Å². The van der Waals surface area contributed by atoms with Gasteiger partial charge in [-0.2, -0.15) is 0 Å². The largest absolute Gasteiger partial charge is 0.383 e. The number of carbonyl (C=O) groups is 1. The molecule has 0 spiro atoms. The van der Waals surface area contributed by atoms with Crippen LogP contribution in [0.2, 0.25) is 0 Å². The SMILES string of the molecule is COCCNc1nc(-c2ccc3c(c2)C(C)C(=O)N3)cs1. The number of anilines is 2. The molecule has 5 nitrogen and oxygen atoms in total. The lowest BCUT2D eigenvalue weighted by Crippen LogP contribution is -2.08. The first kappa shape index (κ1) is 14.0. The maximum Gasteiger partial charge on any atom is 0.231 e. The van der Waals surface area contributed by atoms with Crippen LogP contribution < -0.4 is 10.6 Å². The van der Waals surface area contributed by atoms with Gasteiger partial charge in [-0.15, -0.1) is 11.3 Å². The fourth-order valence-electron chi connectivity index (χ4n) is 2.32. The Morgan fingerprint density at radius 2 is 2.33 bits per heavy atom. The second-order valence-electron chi connectivity index (χ2n) is 4.97.